The Kier molecular flexibility index (Phi) is 3.15. The summed E-state index contributed by atoms with van der Waals surface area (Å²) in [6, 6.07) is 0. The highest BCUT2D eigenvalue weighted by molar-refractivity contribution is 5.77. The van der Waals surface area contributed by atoms with Crippen LogP contribution in [0.5, 0.6) is 0 Å². The van der Waals surface area contributed by atoms with Crippen LogP contribution < -0.4 is 10.6 Å². The SMILES string of the molecule is CNCC(=O)NCc1nn[nH]n1. The van der Waals surface area contributed by atoms with Gasteiger partial charge in [-0.1, -0.05) is 5.21 Å². The first-order chi connectivity index (χ1) is 5.83. The van der Waals surface area contributed by atoms with Crippen LogP contribution in [0.4, 0.5) is 0 Å². The van der Waals surface area contributed by atoms with E-state index in [9.17, 15) is 4.79 Å². The quantitative estimate of drug-likeness (QED) is 0.487. The number of aromatic nitrogens is 4. The summed E-state index contributed by atoms with van der Waals surface area (Å²) in [6.45, 7) is 0.592. The zero-order valence-electron chi connectivity index (χ0n) is 6.66. The van der Waals surface area contributed by atoms with E-state index in [1.54, 1.807) is 7.05 Å². The highest BCUT2D eigenvalue weighted by Gasteiger charge is 2.01. The van der Waals surface area contributed by atoms with E-state index in [-0.39, 0.29) is 12.5 Å². The van der Waals surface area contributed by atoms with Gasteiger partial charge in [0.05, 0.1) is 13.1 Å². The first-order valence-corrected chi connectivity index (χ1v) is 3.46. The molecule has 0 unspecified atom stereocenters. The van der Waals surface area contributed by atoms with Crippen LogP contribution >= 0.6 is 0 Å². The molecule has 0 atom stereocenters. The molecule has 1 rings (SSSR count). The number of likely N-dealkylation sites (N-methyl/N-ethyl adjacent to an activating group) is 1. The fourth-order valence-corrected chi connectivity index (χ4v) is 0.658. The monoisotopic (exact) mass is 170 g/mol. The summed E-state index contributed by atoms with van der Waals surface area (Å²) in [6.07, 6.45) is 0. The summed E-state index contributed by atoms with van der Waals surface area (Å²) in [4.78, 5) is 10.9. The average Bonchev–Trinajstić information content (AvgIpc) is 2.53. The lowest BCUT2D eigenvalue weighted by atomic mass is 10.5. The standard InChI is InChI=1S/C5H10N6O/c1-6-3-5(12)7-2-4-8-10-11-9-4/h6H,2-3H2,1H3,(H,7,12)(H,8,9,10,11). The Balaban J connectivity index is 2.22. The van der Waals surface area contributed by atoms with Crippen molar-refractivity contribution in [2.45, 2.75) is 6.54 Å². The van der Waals surface area contributed by atoms with Crippen LogP contribution in [0.25, 0.3) is 0 Å². The van der Waals surface area contributed by atoms with E-state index < -0.39 is 0 Å². The number of nitrogens with one attached hydrogen (secondary N) is 3. The summed E-state index contributed by atoms with van der Waals surface area (Å²) in [5, 5.41) is 18.3. The van der Waals surface area contributed by atoms with Crippen molar-refractivity contribution in [3.05, 3.63) is 5.82 Å². The molecule has 0 saturated carbocycles. The number of aromatic amines is 1. The van der Waals surface area contributed by atoms with Crippen LogP contribution in [0.2, 0.25) is 0 Å². The Labute approximate surface area is 68.9 Å². The number of nitrogens with zero attached hydrogens (tertiary/aromatic N) is 3. The number of carbonyl (C=O) groups is 1. The van der Waals surface area contributed by atoms with Gasteiger partial charge >= 0.3 is 0 Å². The molecule has 1 aromatic rings. The zero-order chi connectivity index (χ0) is 8.81. The number of amides is 1. The maximum Gasteiger partial charge on any atom is 0.234 e. The average molecular weight is 170 g/mol. The van der Waals surface area contributed by atoms with Crippen molar-refractivity contribution >= 4 is 5.91 Å². The maximum absolute atomic E-state index is 10.9. The second-order valence-corrected chi connectivity index (χ2v) is 2.14. The lowest BCUT2D eigenvalue weighted by Gasteiger charge is -1.99. The molecule has 0 fully saturated rings. The molecule has 1 heterocycles. The van der Waals surface area contributed by atoms with E-state index in [2.05, 4.69) is 31.3 Å². The molecule has 7 heteroatoms. The minimum atomic E-state index is -0.0951. The normalized spacial score (nSPS) is 9.75. The van der Waals surface area contributed by atoms with Gasteiger partial charge in [-0.15, -0.1) is 10.2 Å². The largest absolute Gasteiger partial charge is 0.348 e. The molecule has 0 aliphatic carbocycles. The van der Waals surface area contributed by atoms with Gasteiger partial charge in [0.1, 0.15) is 0 Å². The Morgan fingerprint density at radius 2 is 2.50 bits per heavy atom. The molecule has 0 aliphatic heterocycles. The third-order valence-electron chi connectivity index (χ3n) is 1.17. The summed E-state index contributed by atoms with van der Waals surface area (Å²) in [7, 11) is 1.70. The lowest BCUT2D eigenvalue weighted by Crippen LogP contribution is -2.31. The van der Waals surface area contributed by atoms with Crippen LogP contribution in [-0.2, 0) is 11.3 Å². The number of tetrazole rings is 1. The molecule has 0 aliphatic rings. The molecule has 1 aromatic heterocycles. The number of carbonyl (C=O) groups excluding carboxylic acids is 1. The highest BCUT2D eigenvalue weighted by Crippen LogP contribution is 1.79. The van der Waals surface area contributed by atoms with Crippen LogP contribution in [0.3, 0.4) is 0 Å². The van der Waals surface area contributed by atoms with Crippen LogP contribution in [0, 0.1) is 0 Å². The van der Waals surface area contributed by atoms with Gasteiger partial charge in [-0.3, -0.25) is 4.79 Å². The first kappa shape index (κ1) is 8.60. The lowest BCUT2D eigenvalue weighted by molar-refractivity contribution is -0.120. The van der Waals surface area contributed by atoms with Crippen LogP contribution in [0.15, 0.2) is 0 Å². The predicted octanol–water partition coefficient (Wildman–Crippen LogP) is -1.96. The number of rotatable bonds is 4. The summed E-state index contributed by atoms with van der Waals surface area (Å²) in [5.74, 6) is 0.377. The Bertz CT molecular complexity index is 232. The highest BCUT2D eigenvalue weighted by atomic mass is 16.1. The van der Waals surface area contributed by atoms with Crippen LogP contribution in [0.1, 0.15) is 5.82 Å². The van der Waals surface area contributed by atoms with Crippen molar-refractivity contribution in [2.75, 3.05) is 13.6 Å². The number of H-pyrrole nitrogens is 1. The molecular weight excluding hydrogens is 160 g/mol. The topological polar surface area (TPSA) is 95.6 Å². The van der Waals surface area contributed by atoms with Gasteiger partial charge in [0.25, 0.3) is 0 Å². The summed E-state index contributed by atoms with van der Waals surface area (Å²) < 4.78 is 0. The molecule has 0 spiro atoms. The third-order valence-corrected chi connectivity index (χ3v) is 1.17. The Morgan fingerprint density at radius 1 is 1.67 bits per heavy atom. The van der Waals surface area contributed by atoms with Gasteiger partial charge in [0, 0.05) is 0 Å². The van der Waals surface area contributed by atoms with Gasteiger partial charge in [0.2, 0.25) is 5.91 Å². The first-order valence-electron chi connectivity index (χ1n) is 3.46. The third kappa shape index (κ3) is 2.62. The van der Waals surface area contributed by atoms with E-state index in [1.807, 2.05) is 0 Å². The second-order valence-electron chi connectivity index (χ2n) is 2.14. The Morgan fingerprint density at radius 3 is 3.08 bits per heavy atom. The molecule has 7 nitrogen and oxygen atoms in total. The maximum atomic E-state index is 10.9. The van der Waals surface area contributed by atoms with Crippen molar-refractivity contribution in [3.8, 4) is 0 Å². The number of hydrogen-bond acceptors (Lipinski definition) is 5. The molecule has 12 heavy (non-hydrogen) atoms. The second kappa shape index (κ2) is 4.39. The van der Waals surface area contributed by atoms with Crippen LogP contribution in [-0.4, -0.2) is 40.1 Å². The number of hydrogen-bond donors (Lipinski definition) is 3. The minimum absolute atomic E-state index is 0.0951. The molecule has 0 bridgehead atoms. The van der Waals surface area contributed by atoms with E-state index in [1.165, 1.54) is 0 Å². The van der Waals surface area contributed by atoms with Gasteiger partial charge in [-0.25, -0.2) is 0 Å². The Hall–Kier alpha value is -1.50. The molecule has 3 N–H and O–H groups in total. The summed E-state index contributed by atoms with van der Waals surface area (Å²) >= 11 is 0. The van der Waals surface area contributed by atoms with E-state index >= 15 is 0 Å². The molecule has 66 valence electrons. The van der Waals surface area contributed by atoms with Crippen molar-refractivity contribution < 1.29 is 4.79 Å². The van der Waals surface area contributed by atoms with E-state index in [0.717, 1.165) is 0 Å². The van der Waals surface area contributed by atoms with Crippen molar-refractivity contribution in [1.82, 2.24) is 31.3 Å². The van der Waals surface area contributed by atoms with E-state index in [0.29, 0.717) is 12.4 Å². The fraction of sp³-hybridized carbons (Fsp3) is 0.600. The molecule has 1 amide bonds. The fourth-order valence-electron chi connectivity index (χ4n) is 0.658. The molecule has 0 aromatic carbocycles. The van der Waals surface area contributed by atoms with Gasteiger partial charge in [-0.2, -0.15) is 5.21 Å². The van der Waals surface area contributed by atoms with Gasteiger partial charge < -0.3 is 10.6 Å². The summed E-state index contributed by atoms with van der Waals surface area (Å²) in [5.41, 5.74) is 0. The van der Waals surface area contributed by atoms with Gasteiger partial charge in [0.15, 0.2) is 5.82 Å². The zero-order valence-corrected chi connectivity index (χ0v) is 6.66. The van der Waals surface area contributed by atoms with Crippen molar-refractivity contribution in [3.63, 3.8) is 0 Å². The molecular formula is C5H10N6O. The van der Waals surface area contributed by atoms with Crippen molar-refractivity contribution in [2.24, 2.45) is 0 Å². The smallest absolute Gasteiger partial charge is 0.234 e. The molecule has 0 saturated heterocycles. The molecule has 0 radical (unpaired) electrons. The predicted molar refractivity (Wildman–Crippen MR) is 40.0 cm³/mol. The van der Waals surface area contributed by atoms with Crippen molar-refractivity contribution in [1.29, 1.82) is 0 Å². The minimum Gasteiger partial charge on any atom is -0.348 e. The van der Waals surface area contributed by atoms with E-state index in [4.69, 9.17) is 0 Å². The van der Waals surface area contributed by atoms with Gasteiger partial charge in [-0.05, 0) is 7.05 Å².